The van der Waals surface area contributed by atoms with E-state index < -0.39 is 0 Å². The summed E-state index contributed by atoms with van der Waals surface area (Å²) in [5.41, 5.74) is 0. The van der Waals surface area contributed by atoms with Crippen LogP contribution < -0.4 is 29.2 Å². The minimum absolute atomic E-state index is 0.519. The second-order valence-electron chi connectivity index (χ2n) is 5.53. The van der Waals surface area contributed by atoms with Crippen molar-refractivity contribution in [2.45, 2.75) is 0 Å². The van der Waals surface area contributed by atoms with E-state index in [1.54, 1.807) is 33.5 Å². The standard InChI is InChI=1S/C18H23N3O4/c1-22-14-11-13(12-15(23-2)18(14)24-3)25-17-6-4-5-16(20-17)21-9-7-19-8-10-21/h4-6,11-12,19H,7-10H2,1-3H3. The van der Waals surface area contributed by atoms with E-state index in [1.165, 1.54) is 0 Å². The van der Waals surface area contributed by atoms with E-state index in [-0.39, 0.29) is 0 Å². The molecular formula is C18H23N3O4. The first kappa shape index (κ1) is 17.2. The van der Waals surface area contributed by atoms with Crippen molar-refractivity contribution >= 4 is 5.82 Å². The molecule has 2 aromatic rings. The molecule has 1 aliphatic rings. The Balaban J connectivity index is 1.84. The lowest BCUT2D eigenvalue weighted by molar-refractivity contribution is 0.320. The molecule has 0 unspecified atom stereocenters. The van der Waals surface area contributed by atoms with Gasteiger partial charge in [0, 0.05) is 44.4 Å². The number of nitrogens with zero attached hydrogens (tertiary/aromatic N) is 2. The van der Waals surface area contributed by atoms with E-state index in [0.717, 1.165) is 32.0 Å². The number of ether oxygens (including phenoxy) is 4. The topological polar surface area (TPSA) is 65.1 Å². The van der Waals surface area contributed by atoms with Gasteiger partial charge in [-0.1, -0.05) is 6.07 Å². The van der Waals surface area contributed by atoms with E-state index in [0.29, 0.717) is 28.9 Å². The van der Waals surface area contributed by atoms with Gasteiger partial charge in [-0.15, -0.1) is 0 Å². The number of methoxy groups -OCH3 is 3. The maximum absolute atomic E-state index is 5.93. The molecular weight excluding hydrogens is 322 g/mol. The summed E-state index contributed by atoms with van der Waals surface area (Å²) in [7, 11) is 4.72. The van der Waals surface area contributed by atoms with Crippen LogP contribution in [-0.4, -0.2) is 52.5 Å². The second-order valence-corrected chi connectivity index (χ2v) is 5.53. The van der Waals surface area contributed by atoms with Crippen LogP contribution in [0.1, 0.15) is 0 Å². The van der Waals surface area contributed by atoms with Crippen molar-refractivity contribution in [3.05, 3.63) is 30.3 Å². The fraction of sp³-hybridized carbons (Fsp3) is 0.389. The molecule has 3 rings (SSSR count). The van der Waals surface area contributed by atoms with Gasteiger partial charge >= 0.3 is 0 Å². The minimum Gasteiger partial charge on any atom is -0.493 e. The van der Waals surface area contributed by atoms with Crippen molar-refractivity contribution in [1.29, 1.82) is 0 Å². The van der Waals surface area contributed by atoms with Crippen molar-refractivity contribution in [3.8, 4) is 28.9 Å². The summed E-state index contributed by atoms with van der Waals surface area (Å²) in [5.74, 6) is 3.60. The summed E-state index contributed by atoms with van der Waals surface area (Å²) in [4.78, 5) is 6.84. The third-order valence-electron chi connectivity index (χ3n) is 4.01. The fourth-order valence-electron chi connectivity index (χ4n) is 2.77. The summed E-state index contributed by atoms with van der Waals surface area (Å²) in [6.45, 7) is 3.78. The Bertz CT molecular complexity index is 692. The van der Waals surface area contributed by atoms with Gasteiger partial charge in [-0.25, -0.2) is 0 Å². The van der Waals surface area contributed by atoms with Gasteiger partial charge in [0.2, 0.25) is 11.6 Å². The molecule has 0 aliphatic carbocycles. The number of piperazine rings is 1. The third kappa shape index (κ3) is 3.88. The monoisotopic (exact) mass is 345 g/mol. The molecule has 134 valence electrons. The van der Waals surface area contributed by atoms with E-state index in [9.17, 15) is 0 Å². The molecule has 1 aromatic carbocycles. The average Bonchev–Trinajstić information content (AvgIpc) is 2.68. The molecule has 1 saturated heterocycles. The first-order valence-corrected chi connectivity index (χ1v) is 8.15. The van der Waals surface area contributed by atoms with Gasteiger partial charge < -0.3 is 29.2 Å². The van der Waals surface area contributed by atoms with Crippen LogP contribution in [0.15, 0.2) is 30.3 Å². The lowest BCUT2D eigenvalue weighted by atomic mass is 10.2. The first-order chi connectivity index (χ1) is 12.2. The summed E-state index contributed by atoms with van der Waals surface area (Å²) in [6, 6.07) is 9.26. The molecule has 0 radical (unpaired) electrons. The Morgan fingerprint density at radius 1 is 0.960 bits per heavy atom. The van der Waals surface area contributed by atoms with E-state index >= 15 is 0 Å². The van der Waals surface area contributed by atoms with Crippen LogP contribution in [0.25, 0.3) is 0 Å². The van der Waals surface area contributed by atoms with Crippen LogP contribution in [0, 0.1) is 0 Å². The number of pyridine rings is 1. The van der Waals surface area contributed by atoms with Crippen molar-refractivity contribution in [2.24, 2.45) is 0 Å². The molecule has 0 bridgehead atoms. The molecule has 0 spiro atoms. The second kappa shape index (κ2) is 7.94. The molecule has 1 aliphatic heterocycles. The minimum atomic E-state index is 0.519. The van der Waals surface area contributed by atoms with Crippen molar-refractivity contribution in [3.63, 3.8) is 0 Å². The highest BCUT2D eigenvalue weighted by molar-refractivity contribution is 5.56. The predicted octanol–water partition coefficient (Wildman–Crippen LogP) is 2.31. The van der Waals surface area contributed by atoms with Crippen LogP contribution in [-0.2, 0) is 0 Å². The lowest BCUT2D eigenvalue weighted by Crippen LogP contribution is -2.43. The van der Waals surface area contributed by atoms with Crippen LogP contribution in [0.2, 0.25) is 0 Å². The zero-order valence-corrected chi connectivity index (χ0v) is 14.7. The van der Waals surface area contributed by atoms with Gasteiger partial charge in [0.15, 0.2) is 11.5 Å². The number of hydrogen-bond acceptors (Lipinski definition) is 7. The van der Waals surface area contributed by atoms with Crippen molar-refractivity contribution in [1.82, 2.24) is 10.3 Å². The molecule has 7 heteroatoms. The molecule has 7 nitrogen and oxygen atoms in total. The molecule has 1 aromatic heterocycles. The third-order valence-corrected chi connectivity index (χ3v) is 4.01. The summed E-state index contributed by atoms with van der Waals surface area (Å²) in [6.07, 6.45) is 0. The Labute approximate surface area is 147 Å². The average molecular weight is 345 g/mol. The first-order valence-electron chi connectivity index (χ1n) is 8.15. The SMILES string of the molecule is COc1cc(Oc2cccc(N3CCNCC3)n2)cc(OC)c1OC. The van der Waals surface area contributed by atoms with Crippen LogP contribution in [0.5, 0.6) is 28.9 Å². The predicted molar refractivity (Wildman–Crippen MR) is 95.5 cm³/mol. The molecule has 2 heterocycles. The Morgan fingerprint density at radius 3 is 2.24 bits per heavy atom. The number of rotatable bonds is 6. The lowest BCUT2D eigenvalue weighted by Gasteiger charge is -2.28. The summed E-state index contributed by atoms with van der Waals surface area (Å²) in [5, 5.41) is 3.33. The Morgan fingerprint density at radius 2 is 1.64 bits per heavy atom. The summed E-state index contributed by atoms with van der Waals surface area (Å²) < 4.78 is 22.0. The van der Waals surface area contributed by atoms with Crippen LogP contribution in [0.4, 0.5) is 5.82 Å². The maximum atomic E-state index is 5.93. The molecule has 1 fully saturated rings. The quantitative estimate of drug-likeness (QED) is 0.862. The number of hydrogen-bond donors (Lipinski definition) is 1. The summed E-state index contributed by atoms with van der Waals surface area (Å²) >= 11 is 0. The fourth-order valence-corrected chi connectivity index (χ4v) is 2.77. The van der Waals surface area contributed by atoms with Gasteiger partial charge in [0.1, 0.15) is 11.6 Å². The van der Waals surface area contributed by atoms with Gasteiger partial charge in [0.05, 0.1) is 21.3 Å². The number of benzene rings is 1. The largest absolute Gasteiger partial charge is 0.493 e. The van der Waals surface area contributed by atoms with Gasteiger partial charge in [-0.2, -0.15) is 4.98 Å². The van der Waals surface area contributed by atoms with E-state index in [4.69, 9.17) is 18.9 Å². The molecule has 0 atom stereocenters. The number of nitrogens with one attached hydrogen (secondary N) is 1. The Hall–Kier alpha value is -2.67. The highest BCUT2D eigenvalue weighted by Crippen LogP contribution is 2.41. The van der Waals surface area contributed by atoms with Gasteiger partial charge in [-0.3, -0.25) is 0 Å². The highest BCUT2D eigenvalue weighted by atomic mass is 16.5. The van der Waals surface area contributed by atoms with Crippen molar-refractivity contribution in [2.75, 3.05) is 52.4 Å². The molecule has 0 amide bonds. The van der Waals surface area contributed by atoms with E-state index in [2.05, 4.69) is 15.2 Å². The molecule has 0 saturated carbocycles. The van der Waals surface area contributed by atoms with Crippen molar-refractivity contribution < 1.29 is 18.9 Å². The van der Waals surface area contributed by atoms with Crippen LogP contribution >= 0.6 is 0 Å². The van der Waals surface area contributed by atoms with Gasteiger partial charge in [-0.05, 0) is 6.07 Å². The normalized spacial score (nSPS) is 14.1. The maximum Gasteiger partial charge on any atom is 0.221 e. The molecule has 1 N–H and O–H groups in total. The zero-order valence-electron chi connectivity index (χ0n) is 14.7. The highest BCUT2D eigenvalue weighted by Gasteiger charge is 2.16. The van der Waals surface area contributed by atoms with Gasteiger partial charge in [0.25, 0.3) is 0 Å². The number of aromatic nitrogens is 1. The smallest absolute Gasteiger partial charge is 0.221 e. The number of anilines is 1. The van der Waals surface area contributed by atoms with E-state index in [1.807, 2.05) is 18.2 Å². The Kier molecular flexibility index (Phi) is 5.45. The zero-order chi connectivity index (χ0) is 17.6. The molecule has 25 heavy (non-hydrogen) atoms. The van der Waals surface area contributed by atoms with Crippen LogP contribution in [0.3, 0.4) is 0 Å².